The Kier molecular flexibility index (Phi) is 5.00. The van der Waals surface area contributed by atoms with Crippen molar-refractivity contribution in [2.24, 2.45) is 0 Å². The zero-order chi connectivity index (χ0) is 18.1. The summed E-state index contributed by atoms with van der Waals surface area (Å²) in [6, 6.07) is 7.87. The molecule has 26 heavy (non-hydrogen) atoms. The van der Waals surface area contributed by atoms with Gasteiger partial charge in [0.25, 0.3) is 5.56 Å². The van der Waals surface area contributed by atoms with Crippen LogP contribution in [0.3, 0.4) is 0 Å². The Bertz CT molecular complexity index is 1010. The highest BCUT2D eigenvalue weighted by Gasteiger charge is 2.21. The molecule has 0 amide bonds. The van der Waals surface area contributed by atoms with Crippen LogP contribution in [0.5, 0.6) is 0 Å². The Balaban J connectivity index is 1.63. The summed E-state index contributed by atoms with van der Waals surface area (Å²) in [5, 5.41) is 4.96. The van der Waals surface area contributed by atoms with Gasteiger partial charge in [-0.2, -0.15) is 0 Å². The topological polar surface area (TPSA) is 46.9 Å². The number of thiophene rings is 1. The molecule has 4 rings (SSSR count). The average Bonchev–Trinajstić information content (AvgIpc) is 3.00. The number of nitrogens with one attached hydrogen (secondary N) is 1. The Morgan fingerprint density at radius 2 is 2.15 bits per heavy atom. The first-order valence-electron chi connectivity index (χ1n) is 9.20. The van der Waals surface area contributed by atoms with Crippen LogP contribution < -0.4 is 10.9 Å². The van der Waals surface area contributed by atoms with Gasteiger partial charge in [0.15, 0.2) is 0 Å². The lowest BCUT2D eigenvalue weighted by atomic mass is 9.97. The molecule has 2 heterocycles. The summed E-state index contributed by atoms with van der Waals surface area (Å²) in [4.78, 5) is 20.1. The van der Waals surface area contributed by atoms with Gasteiger partial charge in [0.2, 0.25) is 5.95 Å². The summed E-state index contributed by atoms with van der Waals surface area (Å²) in [5.41, 5.74) is 2.52. The maximum absolute atomic E-state index is 13.1. The van der Waals surface area contributed by atoms with Crippen LogP contribution in [0.25, 0.3) is 10.2 Å². The lowest BCUT2D eigenvalue weighted by Crippen LogP contribution is -2.25. The fourth-order valence-electron chi connectivity index (χ4n) is 3.68. The maximum atomic E-state index is 13.1. The molecule has 0 spiro atoms. The third-order valence-corrected chi connectivity index (χ3v) is 6.40. The van der Waals surface area contributed by atoms with Crippen LogP contribution in [0, 0.1) is 0 Å². The molecule has 6 heteroatoms. The summed E-state index contributed by atoms with van der Waals surface area (Å²) in [7, 11) is 0. The van der Waals surface area contributed by atoms with E-state index in [0.717, 1.165) is 34.5 Å². The minimum absolute atomic E-state index is 0.0992. The third-order valence-electron chi connectivity index (χ3n) is 4.98. The highest BCUT2D eigenvalue weighted by Crippen LogP contribution is 2.34. The Labute approximate surface area is 161 Å². The molecule has 0 saturated heterocycles. The zero-order valence-electron chi connectivity index (χ0n) is 14.8. The molecule has 1 aliphatic rings. The van der Waals surface area contributed by atoms with Gasteiger partial charge in [0.1, 0.15) is 4.83 Å². The van der Waals surface area contributed by atoms with Crippen molar-refractivity contribution in [1.82, 2.24) is 9.55 Å². The van der Waals surface area contributed by atoms with Gasteiger partial charge in [-0.05, 0) is 62.3 Å². The quantitative estimate of drug-likeness (QED) is 0.692. The number of hydrogen-bond acceptors (Lipinski definition) is 4. The van der Waals surface area contributed by atoms with Gasteiger partial charge in [-0.15, -0.1) is 11.3 Å². The van der Waals surface area contributed by atoms with Crippen LogP contribution in [0.2, 0.25) is 5.02 Å². The monoisotopic (exact) mass is 387 g/mol. The van der Waals surface area contributed by atoms with E-state index in [1.165, 1.54) is 28.8 Å². The number of anilines is 1. The van der Waals surface area contributed by atoms with Gasteiger partial charge in [0, 0.05) is 23.0 Å². The molecular formula is C20H22ClN3OS. The molecule has 136 valence electrons. The molecule has 1 aromatic carbocycles. The van der Waals surface area contributed by atoms with Gasteiger partial charge in [-0.25, -0.2) is 4.98 Å². The fraction of sp³-hybridized carbons (Fsp3) is 0.400. The standard InChI is InChI=1S/C20H22ClN3OS/c1-2-24-19(25)17-15-8-3-4-9-16(15)26-18(17)23-20(24)22-11-10-13-6-5-7-14(21)12-13/h5-7,12H,2-4,8-11H2,1H3,(H,22,23). The molecule has 0 fully saturated rings. The largest absolute Gasteiger partial charge is 0.355 e. The number of nitrogens with zero attached hydrogens (tertiary/aromatic N) is 2. The van der Waals surface area contributed by atoms with Crippen LogP contribution in [0.4, 0.5) is 5.95 Å². The van der Waals surface area contributed by atoms with Crippen LogP contribution in [0.1, 0.15) is 35.8 Å². The molecule has 1 aliphatic carbocycles. The van der Waals surface area contributed by atoms with Crippen molar-refractivity contribution in [3.05, 3.63) is 55.6 Å². The predicted molar refractivity (Wildman–Crippen MR) is 110 cm³/mol. The van der Waals surface area contributed by atoms with Gasteiger partial charge in [-0.1, -0.05) is 23.7 Å². The van der Waals surface area contributed by atoms with E-state index < -0.39 is 0 Å². The molecule has 0 aliphatic heterocycles. The number of rotatable bonds is 5. The van der Waals surface area contributed by atoms with Gasteiger partial charge >= 0.3 is 0 Å². The SMILES string of the molecule is CCn1c(NCCc2cccc(Cl)c2)nc2sc3c(c2c1=O)CCCC3. The van der Waals surface area contributed by atoms with E-state index in [-0.39, 0.29) is 5.56 Å². The number of fused-ring (bicyclic) bond motifs is 3. The fourth-order valence-corrected chi connectivity index (χ4v) is 5.14. The molecule has 0 unspecified atom stereocenters. The smallest absolute Gasteiger partial charge is 0.263 e. The Hall–Kier alpha value is -1.85. The summed E-state index contributed by atoms with van der Waals surface area (Å²) in [6.07, 6.45) is 5.31. The van der Waals surface area contributed by atoms with Crippen molar-refractivity contribution in [3.63, 3.8) is 0 Å². The minimum atomic E-state index is 0.0992. The van der Waals surface area contributed by atoms with E-state index >= 15 is 0 Å². The molecule has 4 nitrogen and oxygen atoms in total. The second-order valence-corrected chi connectivity index (χ2v) is 8.20. The predicted octanol–water partition coefficient (Wildman–Crippen LogP) is 4.66. The van der Waals surface area contributed by atoms with E-state index in [1.807, 2.05) is 25.1 Å². The van der Waals surface area contributed by atoms with Crippen LogP contribution >= 0.6 is 22.9 Å². The Morgan fingerprint density at radius 1 is 1.31 bits per heavy atom. The normalized spacial score (nSPS) is 13.8. The zero-order valence-corrected chi connectivity index (χ0v) is 16.4. The number of hydrogen-bond donors (Lipinski definition) is 1. The highest BCUT2D eigenvalue weighted by molar-refractivity contribution is 7.18. The average molecular weight is 388 g/mol. The molecule has 0 bridgehead atoms. The van der Waals surface area contributed by atoms with E-state index in [0.29, 0.717) is 19.0 Å². The second kappa shape index (κ2) is 7.41. The molecule has 2 aromatic heterocycles. The molecular weight excluding hydrogens is 366 g/mol. The second-order valence-electron chi connectivity index (χ2n) is 6.68. The summed E-state index contributed by atoms with van der Waals surface area (Å²) in [5.74, 6) is 0.672. The maximum Gasteiger partial charge on any atom is 0.263 e. The van der Waals surface area contributed by atoms with Gasteiger partial charge < -0.3 is 5.32 Å². The van der Waals surface area contributed by atoms with E-state index in [1.54, 1.807) is 15.9 Å². The number of aryl methyl sites for hydroxylation is 2. The van der Waals surface area contributed by atoms with Crippen molar-refractivity contribution in [3.8, 4) is 0 Å². The third kappa shape index (κ3) is 3.26. The highest BCUT2D eigenvalue weighted by atomic mass is 35.5. The van der Waals surface area contributed by atoms with Gasteiger partial charge in [-0.3, -0.25) is 9.36 Å². The van der Waals surface area contributed by atoms with Crippen molar-refractivity contribution in [1.29, 1.82) is 0 Å². The Morgan fingerprint density at radius 3 is 2.96 bits per heavy atom. The molecule has 0 saturated carbocycles. The van der Waals surface area contributed by atoms with E-state index in [4.69, 9.17) is 16.6 Å². The number of aromatic nitrogens is 2. The van der Waals surface area contributed by atoms with E-state index in [9.17, 15) is 4.79 Å². The lowest BCUT2D eigenvalue weighted by molar-refractivity contribution is 0.695. The van der Waals surface area contributed by atoms with Crippen molar-refractivity contribution < 1.29 is 0 Å². The lowest BCUT2D eigenvalue weighted by Gasteiger charge is -2.13. The van der Waals surface area contributed by atoms with Crippen molar-refractivity contribution >= 4 is 39.1 Å². The van der Waals surface area contributed by atoms with Crippen molar-refractivity contribution in [2.45, 2.75) is 45.6 Å². The molecule has 0 atom stereocenters. The van der Waals surface area contributed by atoms with Crippen LogP contribution in [-0.4, -0.2) is 16.1 Å². The number of benzene rings is 1. The first-order chi connectivity index (χ1) is 12.7. The van der Waals surface area contributed by atoms with Crippen LogP contribution in [-0.2, 0) is 25.8 Å². The first-order valence-corrected chi connectivity index (χ1v) is 10.4. The first kappa shape index (κ1) is 17.6. The summed E-state index contributed by atoms with van der Waals surface area (Å²) < 4.78 is 1.77. The van der Waals surface area contributed by atoms with Gasteiger partial charge in [0.05, 0.1) is 5.39 Å². The molecule has 0 radical (unpaired) electrons. The minimum Gasteiger partial charge on any atom is -0.355 e. The molecule has 3 aromatic rings. The molecule has 1 N–H and O–H groups in total. The van der Waals surface area contributed by atoms with Crippen molar-refractivity contribution in [2.75, 3.05) is 11.9 Å². The summed E-state index contributed by atoms with van der Waals surface area (Å²) in [6.45, 7) is 3.32. The van der Waals surface area contributed by atoms with E-state index in [2.05, 4.69) is 11.4 Å². The van der Waals surface area contributed by atoms with Crippen LogP contribution in [0.15, 0.2) is 29.1 Å². The number of halogens is 1. The summed E-state index contributed by atoms with van der Waals surface area (Å²) >= 11 is 7.74.